The summed E-state index contributed by atoms with van der Waals surface area (Å²) in [5, 5.41) is 2.11. The van der Waals surface area contributed by atoms with E-state index in [9.17, 15) is 9.59 Å². The molecule has 2 saturated heterocycles. The smallest absolute Gasteiger partial charge is 0.320 e. The van der Waals surface area contributed by atoms with Crippen LogP contribution in [-0.4, -0.2) is 97.1 Å². The van der Waals surface area contributed by atoms with Gasteiger partial charge < -0.3 is 19.4 Å². The molecule has 8 heteroatoms. The van der Waals surface area contributed by atoms with Crippen LogP contribution in [0.4, 0.5) is 4.79 Å². The molecule has 7 nitrogen and oxygen atoms in total. The molecule has 2 fully saturated rings. The summed E-state index contributed by atoms with van der Waals surface area (Å²) in [6.45, 7) is 7.54. The zero-order valence-electron chi connectivity index (χ0n) is 15.1. The molecule has 1 aromatic heterocycles. The molecule has 3 amide bonds. The van der Waals surface area contributed by atoms with Crippen LogP contribution >= 0.6 is 11.3 Å². The Labute approximate surface area is 158 Å². The third-order valence-corrected chi connectivity index (χ3v) is 6.47. The number of nitrogens with zero attached hydrogens (tertiary/aromatic N) is 4. The summed E-state index contributed by atoms with van der Waals surface area (Å²) in [6.07, 6.45) is 0.973. The SMILES string of the molecule is O=C(CN1CCN(C(=O)N2CCOCC2)CC1)N1CCc2sccc2C1. The first-order chi connectivity index (χ1) is 12.7. The Morgan fingerprint density at radius 2 is 1.69 bits per heavy atom. The van der Waals surface area contributed by atoms with Gasteiger partial charge in [-0.2, -0.15) is 0 Å². The van der Waals surface area contributed by atoms with E-state index in [0.717, 1.165) is 32.6 Å². The number of morpholine rings is 1. The van der Waals surface area contributed by atoms with Crippen molar-refractivity contribution >= 4 is 23.3 Å². The molecule has 4 heterocycles. The minimum absolute atomic E-state index is 0.111. The first-order valence-corrected chi connectivity index (χ1v) is 10.3. The van der Waals surface area contributed by atoms with Crippen molar-refractivity contribution in [2.24, 2.45) is 0 Å². The van der Waals surface area contributed by atoms with Crippen LogP contribution in [0.25, 0.3) is 0 Å². The molecule has 0 unspecified atom stereocenters. The predicted octanol–water partition coefficient (Wildman–Crippen LogP) is 0.703. The fourth-order valence-corrected chi connectivity index (χ4v) is 4.69. The van der Waals surface area contributed by atoms with Crippen molar-refractivity contribution in [1.29, 1.82) is 0 Å². The van der Waals surface area contributed by atoms with E-state index in [-0.39, 0.29) is 11.9 Å². The van der Waals surface area contributed by atoms with Gasteiger partial charge in [0, 0.05) is 57.2 Å². The molecule has 0 atom stereocenters. The molecule has 1 aromatic rings. The van der Waals surface area contributed by atoms with E-state index in [1.54, 1.807) is 11.3 Å². The van der Waals surface area contributed by atoms with Gasteiger partial charge in [-0.25, -0.2) is 4.79 Å². The number of hydrogen-bond acceptors (Lipinski definition) is 5. The molecule has 0 radical (unpaired) electrons. The molecule has 0 aliphatic carbocycles. The molecule has 142 valence electrons. The van der Waals surface area contributed by atoms with Crippen molar-refractivity contribution in [3.05, 3.63) is 21.9 Å². The Bertz CT molecular complexity index is 651. The summed E-state index contributed by atoms with van der Waals surface area (Å²) in [5.41, 5.74) is 1.30. The highest BCUT2D eigenvalue weighted by atomic mass is 32.1. The number of hydrogen-bond donors (Lipinski definition) is 0. The van der Waals surface area contributed by atoms with Crippen molar-refractivity contribution < 1.29 is 14.3 Å². The third-order valence-electron chi connectivity index (χ3n) is 5.44. The third kappa shape index (κ3) is 3.87. The lowest BCUT2D eigenvalue weighted by molar-refractivity contribution is -0.133. The summed E-state index contributed by atoms with van der Waals surface area (Å²) in [4.78, 5) is 34.5. The maximum atomic E-state index is 12.6. The molecular formula is C18H26N4O3S. The number of thiophene rings is 1. The monoisotopic (exact) mass is 378 g/mol. The second kappa shape index (κ2) is 7.94. The van der Waals surface area contributed by atoms with Gasteiger partial charge in [0.05, 0.1) is 19.8 Å². The largest absolute Gasteiger partial charge is 0.378 e. The summed E-state index contributed by atoms with van der Waals surface area (Å²) < 4.78 is 5.31. The Kier molecular flexibility index (Phi) is 5.42. The highest BCUT2D eigenvalue weighted by Crippen LogP contribution is 2.24. The Morgan fingerprint density at radius 3 is 2.46 bits per heavy atom. The van der Waals surface area contributed by atoms with E-state index in [1.165, 1.54) is 10.4 Å². The molecule has 4 rings (SSSR count). The summed E-state index contributed by atoms with van der Waals surface area (Å²) in [6, 6.07) is 2.25. The number of urea groups is 1. The molecule has 0 spiro atoms. The Morgan fingerprint density at radius 1 is 0.962 bits per heavy atom. The van der Waals surface area contributed by atoms with Gasteiger partial charge in [-0.1, -0.05) is 0 Å². The molecule has 3 aliphatic rings. The van der Waals surface area contributed by atoms with Crippen molar-refractivity contribution in [3.8, 4) is 0 Å². The number of amides is 3. The maximum absolute atomic E-state index is 12.6. The van der Waals surface area contributed by atoms with Crippen molar-refractivity contribution in [2.75, 3.05) is 65.6 Å². The van der Waals surface area contributed by atoms with E-state index in [0.29, 0.717) is 45.9 Å². The van der Waals surface area contributed by atoms with Crippen LogP contribution in [0.15, 0.2) is 11.4 Å². The number of carbonyl (C=O) groups excluding carboxylic acids is 2. The van der Waals surface area contributed by atoms with Crippen LogP contribution in [0.5, 0.6) is 0 Å². The topological polar surface area (TPSA) is 56.3 Å². The van der Waals surface area contributed by atoms with Crippen LogP contribution in [0.3, 0.4) is 0 Å². The molecule has 3 aliphatic heterocycles. The van der Waals surface area contributed by atoms with Gasteiger partial charge >= 0.3 is 6.03 Å². The van der Waals surface area contributed by atoms with Crippen LogP contribution in [0.1, 0.15) is 10.4 Å². The lowest BCUT2D eigenvalue weighted by atomic mass is 10.1. The fraction of sp³-hybridized carbons (Fsp3) is 0.667. The zero-order valence-corrected chi connectivity index (χ0v) is 15.9. The second-order valence-corrected chi connectivity index (χ2v) is 8.08. The van der Waals surface area contributed by atoms with Gasteiger partial charge in [0.1, 0.15) is 0 Å². The van der Waals surface area contributed by atoms with Crippen LogP contribution in [0.2, 0.25) is 0 Å². The lowest BCUT2D eigenvalue weighted by Crippen LogP contribution is -2.56. The average Bonchev–Trinajstić information content (AvgIpc) is 3.16. The van der Waals surface area contributed by atoms with Crippen LogP contribution in [0, 0.1) is 0 Å². The number of piperazine rings is 1. The van der Waals surface area contributed by atoms with E-state index in [1.807, 2.05) is 14.7 Å². The minimum atomic E-state index is 0.111. The average molecular weight is 378 g/mol. The Balaban J connectivity index is 1.23. The minimum Gasteiger partial charge on any atom is -0.378 e. The van der Waals surface area contributed by atoms with Crippen molar-refractivity contribution in [1.82, 2.24) is 19.6 Å². The quantitative estimate of drug-likeness (QED) is 0.760. The maximum Gasteiger partial charge on any atom is 0.320 e. The van der Waals surface area contributed by atoms with E-state index in [4.69, 9.17) is 4.74 Å². The number of ether oxygens (including phenoxy) is 1. The van der Waals surface area contributed by atoms with Gasteiger partial charge in [-0.3, -0.25) is 9.69 Å². The van der Waals surface area contributed by atoms with Gasteiger partial charge in [-0.15, -0.1) is 11.3 Å². The summed E-state index contributed by atoms with van der Waals surface area (Å²) in [7, 11) is 0. The van der Waals surface area contributed by atoms with Gasteiger partial charge in [-0.05, 0) is 23.4 Å². The summed E-state index contributed by atoms with van der Waals surface area (Å²) in [5.74, 6) is 0.204. The first-order valence-electron chi connectivity index (χ1n) is 9.37. The van der Waals surface area contributed by atoms with Crippen LogP contribution < -0.4 is 0 Å². The molecule has 0 bridgehead atoms. The zero-order chi connectivity index (χ0) is 17.9. The molecule has 26 heavy (non-hydrogen) atoms. The standard InChI is InChI=1S/C18H26N4O3S/c23-17(22-3-1-16-15(13-22)2-12-26-16)14-19-4-6-20(7-5-19)18(24)21-8-10-25-11-9-21/h2,12H,1,3-11,13-14H2. The Hall–Kier alpha value is -1.64. The van der Waals surface area contributed by atoms with E-state index < -0.39 is 0 Å². The lowest BCUT2D eigenvalue weighted by Gasteiger charge is -2.39. The van der Waals surface area contributed by atoms with Gasteiger partial charge in [0.2, 0.25) is 5.91 Å². The van der Waals surface area contributed by atoms with E-state index in [2.05, 4.69) is 16.3 Å². The molecule has 0 N–H and O–H groups in total. The van der Waals surface area contributed by atoms with Gasteiger partial charge in [0.25, 0.3) is 0 Å². The highest BCUT2D eigenvalue weighted by molar-refractivity contribution is 7.10. The van der Waals surface area contributed by atoms with Crippen molar-refractivity contribution in [3.63, 3.8) is 0 Å². The van der Waals surface area contributed by atoms with E-state index >= 15 is 0 Å². The highest BCUT2D eigenvalue weighted by Gasteiger charge is 2.28. The normalized spacial score (nSPS) is 21.6. The number of carbonyl (C=O) groups is 2. The van der Waals surface area contributed by atoms with Gasteiger partial charge in [0.15, 0.2) is 0 Å². The molecule has 0 aromatic carbocycles. The fourth-order valence-electron chi connectivity index (χ4n) is 3.80. The number of rotatable bonds is 2. The van der Waals surface area contributed by atoms with Crippen LogP contribution in [-0.2, 0) is 22.5 Å². The molecular weight excluding hydrogens is 352 g/mol. The second-order valence-electron chi connectivity index (χ2n) is 7.08. The number of fused-ring (bicyclic) bond motifs is 1. The first kappa shape index (κ1) is 17.8. The van der Waals surface area contributed by atoms with Crippen molar-refractivity contribution in [2.45, 2.75) is 13.0 Å². The predicted molar refractivity (Wildman–Crippen MR) is 99.2 cm³/mol. The summed E-state index contributed by atoms with van der Waals surface area (Å²) >= 11 is 1.79. The molecule has 0 saturated carbocycles.